The van der Waals surface area contributed by atoms with E-state index >= 15 is 0 Å². The van der Waals surface area contributed by atoms with Gasteiger partial charge in [-0.15, -0.1) is 0 Å². The van der Waals surface area contributed by atoms with Crippen LogP contribution in [0.4, 0.5) is 16.2 Å². The van der Waals surface area contributed by atoms with Gasteiger partial charge in [-0.1, -0.05) is 13.8 Å². The fourth-order valence-electron chi connectivity index (χ4n) is 2.31. The number of rotatable bonds is 8. The predicted molar refractivity (Wildman–Crippen MR) is 107 cm³/mol. The van der Waals surface area contributed by atoms with E-state index in [1.807, 2.05) is 13.8 Å². The van der Waals surface area contributed by atoms with Crippen molar-refractivity contribution in [3.05, 3.63) is 34.4 Å². The second kappa shape index (κ2) is 10.4. The van der Waals surface area contributed by atoms with Crippen LogP contribution in [0.2, 0.25) is 0 Å². The highest BCUT2D eigenvalue weighted by Gasteiger charge is 2.23. The van der Waals surface area contributed by atoms with Gasteiger partial charge in [-0.2, -0.15) is 0 Å². The van der Waals surface area contributed by atoms with Crippen LogP contribution in [-0.2, 0) is 14.3 Å². The van der Waals surface area contributed by atoms with Crippen LogP contribution in [0.1, 0.15) is 41.0 Å². The van der Waals surface area contributed by atoms with E-state index in [2.05, 4.69) is 16.0 Å². The Morgan fingerprint density at radius 3 is 2.21 bits per heavy atom. The van der Waals surface area contributed by atoms with Gasteiger partial charge in [-0.05, 0) is 45.2 Å². The van der Waals surface area contributed by atoms with Crippen molar-refractivity contribution < 1.29 is 24.0 Å². The lowest BCUT2D eigenvalue weighted by atomic mass is 10.0. The zero-order valence-corrected chi connectivity index (χ0v) is 17.3. The Kier molecular flexibility index (Phi) is 8.56. The highest BCUT2D eigenvalue weighted by Crippen LogP contribution is 2.16. The van der Waals surface area contributed by atoms with Crippen LogP contribution in [-0.4, -0.2) is 41.0 Å². The van der Waals surface area contributed by atoms with Crippen LogP contribution in [0.25, 0.3) is 0 Å². The Morgan fingerprint density at radius 2 is 1.72 bits per heavy atom. The first-order chi connectivity index (χ1) is 13.4. The first-order valence-electron chi connectivity index (χ1n) is 9.19. The molecule has 3 N–H and O–H groups in total. The fraction of sp³-hybridized carbons (Fsp3) is 0.526. The van der Waals surface area contributed by atoms with Gasteiger partial charge in [0.05, 0.1) is 4.92 Å². The van der Waals surface area contributed by atoms with Crippen molar-refractivity contribution in [3.63, 3.8) is 0 Å². The third-order valence-corrected chi connectivity index (χ3v) is 3.50. The highest BCUT2D eigenvalue weighted by molar-refractivity contribution is 5.97. The summed E-state index contributed by atoms with van der Waals surface area (Å²) in [5.74, 6) is -0.889. The number of alkyl carbamates (subject to hydrolysis) is 1. The predicted octanol–water partition coefficient (Wildman–Crippen LogP) is 2.59. The zero-order valence-electron chi connectivity index (χ0n) is 17.3. The number of nitrogens with zero attached hydrogens (tertiary/aromatic N) is 1. The molecule has 29 heavy (non-hydrogen) atoms. The molecule has 1 aromatic carbocycles. The second-order valence-electron chi connectivity index (χ2n) is 7.90. The summed E-state index contributed by atoms with van der Waals surface area (Å²) in [6.07, 6.45) is -0.361. The van der Waals surface area contributed by atoms with Gasteiger partial charge in [0, 0.05) is 17.8 Å². The first-order valence-corrected chi connectivity index (χ1v) is 9.19. The molecule has 0 saturated carbocycles. The number of carbonyl (C=O) groups is 3. The van der Waals surface area contributed by atoms with Crippen LogP contribution in [0.15, 0.2) is 24.3 Å². The third-order valence-electron chi connectivity index (χ3n) is 3.50. The lowest BCUT2D eigenvalue weighted by Crippen LogP contribution is -2.48. The van der Waals surface area contributed by atoms with Crippen LogP contribution >= 0.6 is 0 Å². The van der Waals surface area contributed by atoms with Gasteiger partial charge in [0.2, 0.25) is 11.8 Å². The Morgan fingerprint density at radius 1 is 1.14 bits per heavy atom. The van der Waals surface area contributed by atoms with Crippen molar-refractivity contribution in [2.45, 2.75) is 52.7 Å². The van der Waals surface area contributed by atoms with Crippen molar-refractivity contribution >= 4 is 29.3 Å². The summed E-state index contributed by atoms with van der Waals surface area (Å²) in [5, 5.41) is 18.3. The van der Waals surface area contributed by atoms with E-state index in [1.54, 1.807) is 20.8 Å². The lowest BCUT2D eigenvalue weighted by molar-refractivity contribution is -0.384. The van der Waals surface area contributed by atoms with Crippen molar-refractivity contribution in [2.75, 3.05) is 11.9 Å². The number of anilines is 1. The molecular weight excluding hydrogens is 380 g/mol. The molecule has 0 aliphatic carbocycles. The van der Waals surface area contributed by atoms with Crippen molar-refractivity contribution in [3.8, 4) is 0 Å². The summed E-state index contributed by atoms with van der Waals surface area (Å²) < 4.78 is 5.05. The number of nitro benzene ring substituents is 1. The molecule has 0 unspecified atom stereocenters. The molecule has 0 spiro atoms. The number of hydrogen-bond acceptors (Lipinski definition) is 6. The monoisotopic (exact) mass is 408 g/mol. The lowest BCUT2D eigenvalue weighted by Gasteiger charge is -2.21. The number of carbonyl (C=O) groups excluding carboxylic acids is 3. The molecule has 10 heteroatoms. The van der Waals surface area contributed by atoms with E-state index in [0.29, 0.717) is 12.1 Å². The first kappa shape index (κ1) is 23.9. The summed E-state index contributed by atoms with van der Waals surface area (Å²) >= 11 is 0. The van der Waals surface area contributed by atoms with E-state index in [1.165, 1.54) is 24.3 Å². The molecule has 0 heterocycles. The van der Waals surface area contributed by atoms with Crippen LogP contribution in [0.5, 0.6) is 0 Å². The SMILES string of the molecule is CC(C)C[C@@H](NC(=O)CNC(=O)OC(C)(C)C)C(=O)Nc1ccc([N+](=O)[O-])cc1. The quantitative estimate of drug-likeness (QED) is 0.446. The number of non-ortho nitro benzene ring substituents is 1. The maximum atomic E-state index is 12.6. The number of benzene rings is 1. The zero-order chi connectivity index (χ0) is 22.2. The molecule has 10 nitrogen and oxygen atoms in total. The normalized spacial score (nSPS) is 12.1. The maximum absolute atomic E-state index is 12.6. The average molecular weight is 408 g/mol. The van der Waals surface area contributed by atoms with E-state index in [9.17, 15) is 24.5 Å². The standard InChI is InChI=1S/C19H28N4O6/c1-12(2)10-15(22-16(24)11-20-18(26)29-19(3,4)5)17(25)21-13-6-8-14(9-7-13)23(27)28/h6-9,12,15H,10-11H2,1-5H3,(H,20,26)(H,21,25)(H,22,24)/t15-/m1/s1. The molecule has 1 atom stereocenters. The van der Waals surface area contributed by atoms with Gasteiger partial charge in [0.25, 0.3) is 5.69 Å². The number of nitro groups is 1. The van der Waals surface area contributed by atoms with E-state index < -0.39 is 34.5 Å². The van der Waals surface area contributed by atoms with Crippen LogP contribution in [0, 0.1) is 16.0 Å². The molecule has 160 valence electrons. The molecular formula is C19H28N4O6. The highest BCUT2D eigenvalue weighted by atomic mass is 16.6. The number of nitrogens with one attached hydrogen (secondary N) is 3. The van der Waals surface area contributed by atoms with Gasteiger partial charge in [-0.3, -0.25) is 19.7 Å². The van der Waals surface area contributed by atoms with Gasteiger partial charge < -0.3 is 20.7 Å². The van der Waals surface area contributed by atoms with E-state index in [0.717, 1.165) is 0 Å². The summed E-state index contributed by atoms with van der Waals surface area (Å²) in [6.45, 7) is 8.57. The van der Waals surface area contributed by atoms with E-state index in [-0.39, 0.29) is 18.2 Å². The minimum absolute atomic E-state index is 0.0942. The van der Waals surface area contributed by atoms with Crippen LogP contribution in [0.3, 0.4) is 0 Å². The molecule has 1 aromatic rings. The van der Waals surface area contributed by atoms with Gasteiger partial charge >= 0.3 is 6.09 Å². The Labute approximate surface area is 169 Å². The van der Waals surface area contributed by atoms with Gasteiger partial charge in [0.1, 0.15) is 18.2 Å². The second-order valence-corrected chi connectivity index (χ2v) is 7.90. The summed E-state index contributed by atoms with van der Waals surface area (Å²) in [5.41, 5.74) is -0.413. The molecule has 0 aliphatic heterocycles. The van der Waals surface area contributed by atoms with E-state index in [4.69, 9.17) is 4.74 Å². The molecule has 0 aromatic heterocycles. The van der Waals surface area contributed by atoms with Crippen molar-refractivity contribution in [2.24, 2.45) is 5.92 Å². The Balaban J connectivity index is 2.68. The number of hydrogen-bond donors (Lipinski definition) is 3. The molecule has 1 rings (SSSR count). The summed E-state index contributed by atoms with van der Waals surface area (Å²) in [6, 6.07) is 4.54. The number of amides is 3. The minimum atomic E-state index is -0.835. The van der Waals surface area contributed by atoms with Crippen molar-refractivity contribution in [1.82, 2.24) is 10.6 Å². The van der Waals surface area contributed by atoms with Crippen LogP contribution < -0.4 is 16.0 Å². The number of ether oxygens (including phenoxy) is 1. The molecule has 0 saturated heterocycles. The molecule has 0 bridgehead atoms. The summed E-state index contributed by atoms with van der Waals surface area (Å²) in [7, 11) is 0. The Bertz CT molecular complexity index is 740. The summed E-state index contributed by atoms with van der Waals surface area (Å²) in [4.78, 5) is 46.5. The van der Waals surface area contributed by atoms with Gasteiger partial charge in [0.15, 0.2) is 0 Å². The minimum Gasteiger partial charge on any atom is -0.444 e. The van der Waals surface area contributed by atoms with Crippen molar-refractivity contribution in [1.29, 1.82) is 0 Å². The molecule has 0 fully saturated rings. The fourth-order valence-corrected chi connectivity index (χ4v) is 2.31. The third kappa shape index (κ3) is 9.54. The molecule has 0 aliphatic rings. The molecule has 3 amide bonds. The largest absolute Gasteiger partial charge is 0.444 e. The Hall–Kier alpha value is -3.17. The topological polar surface area (TPSA) is 140 Å². The molecule has 0 radical (unpaired) electrons. The average Bonchev–Trinajstić information content (AvgIpc) is 2.58. The maximum Gasteiger partial charge on any atom is 0.408 e. The smallest absolute Gasteiger partial charge is 0.408 e. The van der Waals surface area contributed by atoms with Gasteiger partial charge in [-0.25, -0.2) is 4.79 Å².